The molecule has 28 heavy (non-hydrogen) atoms. The van der Waals surface area contributed by atoms with Gasteiger partial charge in [-0.3, -0.25) is 14.0 Å². The number of methoxy groups -OCH3 is 1. The predicted molar refractivity (Wildman–Crippen MR) is 107 cm³/mol. The van der Waals surface area contributed by atoms with E-state index in [1.807, 2.05) is 29.6 Å². The van der Waals surface area contributed by atoms with Gasteiger partial charge in [-0.15, -0.1) is 11.3 Å². The number of aromatic nitrogens is 2. The van der Waals surface area contributed by atoms with Crippen LogP contribution in [0.3, 0.4) is 0 Å². The second-order valence-corrected chi connectivity index (χ2v) is 7.71. The molecule has 0 bridgehead atoms. The van der Waals surface area contributed by atoms with Crippen molar-refractivity contribution in [1.82, 2.24) is 14.7 Å². The Labute approximate surface area is 165 Å². The molecule has 2 heterocycles. The van der Waals surface area contributed by atoms with Gasteiger partial charge in [-0.05, 0) is 42.7 Å². The average molecular weight is 399 g/mol. The Morgan fingerprint density at radius 2 is 2.04 bits per heavy atom. The molecule has 1 aromatic carbocycles. The molecule has 1 fully saturated rings. The van der Waals surface area contributed by atoms with Crippen molar-refractivity contribution in [2.24, 2.45) is 0 Å². The summed E-state index contributed by atoms with van der Waals surface area (Å²) in [6, 6.07) is 7.02. The molecule has 1 saturated carbocycles. The first kappa shape index (κ1) is 18.6. The number of benzene rings is 1. The minimum absolute atomic E-state index is 0.0246. The Kier molecular flexibility index (Phi) is 5.15. The summed E-state index contributed by atoms with van der Waals surface area (Å²) in [6.45, 7) is 0. The number of carbonyl (C=O) groups excluding carboxylic acids is 1. The van der Waals surface area contributed by atoms with E-state index in [1.54, 1.807) is 7.11 Å². The third-order valence-electron chi connectivity index (χ3n) is 5.12. The zero-order valence-corrected chi connectivity index (χ0v) is 16.2. The number of thiazole rings is 1. The van der Waals surface area contributed by atoms with Gasteiger partial charge in [0.2, 0.25) is 0 Å². The number of aliphatic hydroxyl groups is 1. The van der Waals surface area contributed by atoms with Gasteiger partial charge in [0.25, 0.3) is 11.5 Å². The summed E-state index contributed by atoms with van der Waals surface area (Å²) in [5.74, 6) is 0.226. The SMILES string of the molecule is COc1ccc(-c2csc3ncc(C(=O)NC4CCCCC4O)c(=O)n23)cc1. The molecule has 7 nitrogen and oxygen atoms in total. The normalized spacial score (nSPS) is 19.5. The summed E-state index contributed by atoms with van der Waals surface area (Å²) in [5.41, 5.74) is 1.06. The summed E-state index contributed by atoms with van der Waals surface area (Å²) in [5, 5.41) is 14.7. The highest BCUT2D eigenvalue weighted by molar-refractivity contribution is 7.15. The van der Waals surface area contributed by atoms with Gasteiger partial charge >= 0.3 is 0 Å². The lowest BCUT2D eigenvalue weighted by molar-refractivity contribution is 0.0716. The van der Waals surface area contributed by atoms with E-state index < -0.39 is 17.6 Å². The minimum Gasteiger partial charge on any atom is -0.497 e. The molecule has 1 amide bonds. The van der Waals surface area contributed by atoms with Crippen molar-refractivity contribution >= 4 is 22.2 Å². The molecule has 0 radical (unpaired) electrons. The van der Waals surface area contributed by atoms with Crippen LogP contribution in [0.25, 0.3) is 16.2 Å². The number of nitrogens with zero attached hydrogens (tertiary/aromatic N) is 2. The van der Waals surface area contributed by atoms with Gasteiger partial charge < -0.3 is 15.2 Å². The van der Waals surface area contributed by atoms with Crippen LogP contribution < -0.4 is 15.6 Å². The maximum absolute atomic E-state index is 13.1. The van der Waals surface area contributed by atoms with E-state index in [0.29, 0.717) is 23.5 Å². The summed E-state index contributed by atoms with van der Waals surface area (Å²) >= 11 is 1.34. The number of amides is 1. The van der Waals surface area contributed by atoms with Crippen molar-refractivity contribution in [3.8, 4) is 17.0 Å². The molecular formula is C20H21N3O4S. The quantitative estimate of drug-likeness (QED) is 0.703. The highest BCUT2D eigenvalue weighted by atomic mass is 32.1. The fourth-order valence-electron chi connectivity index (χ4n) is 3.54. The molecule has 2 atom stereocenters. The number of fused-ring (bicyclic) bond motifs is 1. The van der Waals surface area contributed by atoms with Crippen LogP contribution in [-0.2, 0) is 0 Å². The second kappa shape index (κ2) is 7.73. The molecule has 0 spiro atoms. The maximum atomic E-state index is 13.1. The van der Waals surface area contributed by atoms with Crippen molar-refractivity contribution < 1.29 is 14.6 Å². The summed E-state index contributed by atoms with van der Waals surface area (Å²) < 4.78 is 6.63. The van der Waals surface area contributed by atoms with Crippen molar-refractivity contribution in [1.29, 1.82) is 0 Å². The molecule has 2 unspecified atom stereocenters. The molecule has 4 rings (SSSR count). The standard InChI is InChI=1S/C20H21N3O4S/c1-27-13-8-6-12(7-9-13)16-11-28-20-21-10-14(19(26)23(16)20)18(25)22-15-4-2-3-5-17(15)24/h6-11,15,17,24H,2-5H2,1H3,(H,22,25). The number of rotatable bonds is 4. The van der Waals surface area contributed by atoms with E-state index in [0.717, 1.165) is 24.2 Å². The zero-order valence-electron chi connectivity index (χ0n) is 15.4. The van der Waals surface area contributed by atoms with E-state index in [-0.39, 0.29) is 11.6 Å². The van der Waals surface area contributed by atoms with Gasteiger partial charge in [0.1, 0.15) is 11.3 Å². The van der Waals surface area contributed by atoms with Gasteiger partial charge in [-0.1, -0.05) is 12.8 Å². The largest absolute Gasteiger partial charge is 0.497 e. The first-order valence-electron chi connectivity index (χ1n) is 9.21. The van der Waals surface area contributed by atoms with Crippen LogP contribution in [0, 0.1) is 0 Å². The van der Waals surface area contributed by atoms with Crippen LogP contribution in [0.2, 0.25) is 0 Å². The zero-order chi connectivity index (χ0) is 19.7. The highest BCUT2D eigenvalue weighted by Crippen LogP contribution is 2.26. The second-order valence-electron chi connectivity index (χ2n) is 6.88. The van der Waals surface area contributed by atoms with E-state index in [2.05, 4.69) is 10.3 Å². The van der Waals surface area contributed by atoms with E-state index in [9.17, 15) is 14.7 Å². The topological polar surface area (TPSA) is 92.9 Å². The number of carbonyl (C=O) groups is 1. The molecule has 8 heteroatoms. The Morgan fingerprint density at radius 1 is 1.29 bits per heavy atom. The van der Waals surface area contributed by atoms with Gasteiger partial charge in [-0.2, -0.15) is 0 Å². The Balaban J connectivity index is 1.69. The number of aliphatic hydroxyl groups excluding tert-OH is 1. The molecule has 1 aliphatic carbocycles. The van der Waals surface area contributed by atoms with Crippen molar-refractivity contribution in [2.45, 2.75) is 37.8 Å². The molecular weight excluding hydrogens is 378 g/mol. The van der Waals surface area contributed by atoms with Crippen LogP contribution in [0.1, 0.15) is 36.0 Å². The third-order valence-corrected chi connectivity index (χ3v) is 5.96. The first-order valence-corrected chi connectivity index (χ1v) is 10.1. The van der Waals surface area contributed by atoms with E-state index in [4.69, 9.17) is 4.74 Å². The van der Waals surface area contributed by atoms with Crippen LogP contribution in [-0.4, -0.2) is 39.7 Å². The molecule has 0 saturated heterocycles. The first-order chi connectivity index (χ1) is 13.6. The van der Waals surface area contributed by atoms with E-state index >= 15 is 0 Å². The molecule has 2 N–H and O–H groups in total. The lowest BCUT2D eigenvalue weighted by Crippen LogP contribution is -2.46. The molecule has 2 aromatic heterocycles. The number of hydrogen-bond donors (Lipinski definition) is 2. The Morgan fingerprint density at radius 3 is 2.75 bits per heavy atom. The van der Waals surface area contributed by atoms with Gasteiger partial charge in [0, 0.05) is 11.6 Å². The Bertz CT molecular complexity index is 1060. The molecule has 1 aliphatic rings. The van der Waals surface area contributed by atoms with Gasteiger partial charge in [-0.25, -0.2) is 4.98 Å². The van der Waals surface area contributed by atoms with Crippen molar-refractivity contribution in [3.63, 3.8) is 0 Å². The maximum Gasteiger partial charge on any atom is 0.271 e. The lowest BCUT2D eigenvalue weighted by atomic mass is 9.92. The predicted octanol–water partition coefficient (Wildman–Crippen LogP) is 2.46. The fourth-order valence-corrected chi connectivity index (χ4v) is 4.40. The summed E-state index contributed by atoms with van der Waals surface area (Å²) in [4.78, 5) is 30.5. The van der Waals surface area contributed by atoms with Crippen molar-refractivity contribution in [2.75, 3.05) is 7.11 Å². The minimum atomic E-state index is -0.576. The highest BCUT2D eigenvalue weighted by Gasteiger charge is 2.26. The third kappa shape index (κ3) is 3.41. The molecule has 146 valence electrons. The summed E-state index contributed by atoms with van der Waals surface area (Å²) in [6.07, 6.45) is 4.01. The van der Waals surface area contributed by atoms with Crippen LogP contribution in [0.5, 0.6) is 5.75 Å². The number of nitrogens with one attached hydrogen (secondary N) is 1. The Hall–Kier alpha value is -2.71. The van der Waals surface area contributed by atoms with E-state index in [1.165, 1.54) is 21.9 Å². The van der Waals surface area contributed by atoms with Gasteiger partial charge in [0.05, 0.1) is 24.9 Å². The van der Waals surface area contributed by atoms with Crippen LogP contribution >= 0.6 is 11.3 Å². The monoisotopic (exact) mass is 399 g/mol. The summed E-state index contributed by atoms with van der Waals surface area (Å²) in [7, 11) is 1.59. The number of hydrogen-bond acceptors (Lipinski definition) is 6. The molecule has 3 aromatic rings. The van der Waals surface area contributed by atoms with Crippen LogP contribution in [0.4, 0.5) is 0 Å². The fraction of sp³-hybridized carbons (Fsp3) is 0.350. The van der Waals surface area contributed by atoms with Crippen LogP contribution in [0.15, 0.2) is 40.6 Å². The molecule has 0 aliphatic heterocycles. The van der Waals surface area contributed by atoms with Crippen molar-refractivity contribution in [3.05, 3.63) is 51.8 Å². The van der Waals surface area contributed by atoms with Gasteiger partial charge in [0.15, 0.2) is 4.96 Å². The lowest BCUT2D eigenvalue weighted by Gasteiger charge is -2.28. The average Bonchev–Trinajstić information content (AvgIpc) is 3.15. The smallest absolute Gasteiger partial charge is 0.271 e. The number of ether oxygens (including phenoxy) is 1.